The van der Waals surface area contributed by atoms with E-state index in [2.05, 4.69) is 25.0 Å². The Bertz CT molecular complexity index is 399. The van der Waals surface area contributed by atoms with Crippen molar-refractivity contribution in [2.75, 3.05) is 0 Å². The SMILES string of the molecule is CCC1CCCC(O)(Cc2cc(C)nn2CC)C1. The number of aliphatic hydroxyl groups is 1. The molecule has 18 heavy (non-hydrogen) atoms. The van der Waals surface area contributed by atoms with Gasteiger partial charge in [-0.15, -0.1) is 0 Å². The van der Waals surface area contributed by atoms with Crippen LogP contribution in [-0.4, -0.2) is 20.5 Å². The van der Waals surface area contributed by atoms with Gasteiger partial charge in [0.15, 0.2) is 0 Å². The van der Waals surface area contributed by atoms with Gasteiger partial charge in [-0.3, -0.25) is 4.68 Å². The molecule has 102 valence electrons. The summed E-state index contributed by atoms with van der Waals surface area (Å²) in [6.45, 7) is 7.25. The molecule has 1 aromatic heterocycles. The molecule has 1 saturated carbocycles. The summed E-state index contributed by atoms with van der Waals surface area (Å²) < 4.78 is 2.03. The number of hydrogen-bond acceptors (Lipinski definition) is 2. The van der Waals surface area contributed by atoms with Crippen molar-refractivity contribution in [1.82, 2.24) is 9.78 Å². The average Bonchev–Trinajstić information content (AvgIpc) is 2.68. The summed E-state index contributed by atoms with van der Waals surface area (Å²) in [5.41, 5.74) is 1.74. The Morgan fingerprint density at radius 1 is 1.50 bits per heavy atom. The van der Waals surface area contributed by atoms with Gasteiger partial charge in [0.2, 0.25) is 0 Å². The maximum atomic E-state index is 10.8. The molecule has 0 spiro atoms. The maximum Gasteiger partial charge on any atom is 0.0705 e. The lowest BCUT2D eigenvalue weighted by Gasteiger charge is -2.36. The molecule has 0 amide bonds. The van der Waals surface area contributed by atoms with Crippen molar-refractivity contribution in [3.8, 4) is 0 Å². The van der Waals surface area contributed by atoms with E-state index < -0.39 is 5.60 Å². The Morgan fingerprint density at radius 2 is 2.28 bits per heavy atom. The average molecular weight is 250 g/mol. The second-order valence-electron chi connectivity index (χ2n) is 5.86. The summed E-state index contributed by atoms with van der Waals surface area (Å²) in [6.07, 6.45) is 6.29. The fraction of sp³-hybridized carbons (Fsp3) is 0.800. The predicted molar refractivity (Wildman–Crippen MR) is 73.5 cm³/mol. The smallest absolute Gasteiger partial charge is 0.0705 e. The molecule has 2 rings (SSSR count). The van der Waals surface area contributed by atoms with Crippen LogP contribution in [0.4, 0.5) is 0 Å². The highest BCUT2D eigenvalue weighted by Gasteiger charge is 2.34. The van der Waals surface area contributed by atoms with E-state index in [0.29, 0.717) is 5.92 Å². The Kier molecular flexibility index (Phi) is 4.10. The summed E-state index contributed by atoms with van der Waals surface area (Å²) in [4.78, 5) is 0. The van der Waals surface area contributed by atoms with E-state index in [1.165, 1.54) is 18.5 Å². The lowest BCUT2D eigenvalue weighted by Crippen LogP contribution is -2.38. The Morgan fingerprint density at radius 3 is 2.94 bits per heavy atom. The van der Waals surface area contributed by atoms with Gasteiger partial charge in [0.1, 0.15) is 0 Å². The number of aryl methyl sites for hydroxylation is 2. The zero-order valence-electron chi connectivity index (χ0n) is 11.9. The first-order chi connectivity index (χ1) is 8.56. The number of nitrogens with zero attached hydrogens (tertiary/aromatic N) is 2. The van der Waals surface area contributed by atoms with Gasteiger partial charge in [-0.2, -0.15) is 5.10 Å². The van der Waals surface area contributed by atoms with E-state index in [1.807, 2.05) is 11.6 Å². The van der Waals surface area contributed by atoms with Crippen molar-refractivity contribution >= 4 is 0 Å². The molecule has 1 aliphatic carbocycles. The summed E-state index contributed by atoms with van der Waals surface area (Å²) in [5, 5.41) is 15.3. The monoisotopic (exact) mass is 250 g/mol. The molecule has 1 N–H and O–H groups in total. The van der Waals surface area contributed by atoms with Crippen molar-refractivity contribution in [2.45, 2.75) is 71.4 Å². The molecule has 2 unspecified atom stereocenters. The molecule has 3 nitrogen and oxygen atoms in total. The van der Waals surface area contributed by atoms with Crippen LogP contribution in [0.25, 0.3) is 0 Å². The predicted octanol–water partition coefficient (Wildman–Crippen LogP) is 3.09. The van der Waals surface area contributed by atoms with Crippen molar-refractivity contribution < 1.29 is 5.11 Å². The fourth-order valence-electron chi connectivity index (χ4n) is 3.32. The molecule has 2 atom stereocenters. The van der Waals surface area contributed by atoms with Crippen LogP contribution in [0.15, 0.2) is 6.07 Å². The molecule has 1 fully saturated rings. The molecule has 1 aliphatic rings. The molecule has 1 heterocycles. The second-order valence-corrected chi connectivity index (χ2v) is 5.86. The molecule has 0 bridgehead atoms. The standard InChI is InChI=1S/C15H26N2O/c1-4-13-7-6-8-15(18,10-13)11-14-9-12(3)16-17(14)5-2/h9,13,18H,4-8,10-11H2,1-3H3. The van der Waals surface area contributed by atoms with E-state index in [0.717, 1.165) is 37.9 Å². The first-order valence-corrected chi connectivity index (χ1v) is 7.32. The topological polar surface area (TPSA) is 38.1 Å². The minimum absolute atomic E-state index is 0.502. The first-order valence-electron chi connectivity index (χ1n) is 7.32. The normalized spacial score (nSPS) is 28.6. The molecule has 0 saturated heterocycles. The fourth-order valence-corrected chi connectivity index (χ4v) is 3.32. The lowest BCUT2D eigenvalue weighted by atomic mass is 9.75. The van der Waals surface area contributed by atoms with Crippen LogP contribution in [0.5, 0.6) is 0 Å². The van der Waals surface area contributed by atoms with E-state index in [1.54, 1.807) is 0 Å². The van der Waals surface area contributed by atoms with E-state index in [9.17, 15) is 5.11 Å². The van der Waals surface area contributed by atoms with Gasteiger partial charge in [0, 0.05) is 18.7 Å². The molecular weight excluding hydrogens is 224 g/mol. The quantitative estimate of drug-likeness (QED) is 0.891. The number of hydrogen-bond donors (Lipinski definition) is 1. The molecule has 1 aromatic rings. The molecule has 0 radical (unpaired) electrons. The van der Waals surface area contributed by atoms with E-state index in [-0.39, 0.29) is 0 Å². The molecular formula is C15H26N2O. The van der Waals surface area contributed by atoms with Crippen molar-refractivity contribution in [3.05, 3.63) is 17.5 Å². The van der Waals surface area contributed by atoms with Crippen LogP contribution in [0.1, 0.15) is 57.3 Å². The Hall–Kier alpha value is -0.830. The van der Waals surface area contributed by atoms with Gasteiger partial charge in [-0.1, -0.05) is 26.2 Å². The van der Waals surface area contributed by atoms with Crippen LogP contribution in [-0.2, 0) is 13.0 Å². The largest absolute Gasteiger partial charge is 0.389 e. The van der Waals surface area contributed by atoms with Crippen molar-refractivity contribution in [1.29, 1.82) is 0 Å². The van der Waals surface area contributed by atoms with Gasteiger partial charge in [0.05, 0.1) is 11.3 Å². The zero-order chi connectivity index (χ0) is 13.2. The highest BCUT2D eigenvalue weighted by molar-refractivity contribution is 5.12. The highest BCUT2D eigenvalue weighted by atomic mass is 16.3. The van der Waals surface area contributed by atoms with Crippen molar-refractivity contribution in [2.24, 2.45) is 5.92 Å². The first kappa shape index (κ1) is 13.6. The third-order valence-corrected chi connectivity index (χ3v) is 4.30. The summed E-state index contributed by atoms with van der Waals surface area (Å²) >= 11 is 0. The number of aromatic nitrogens is 2. The van der Waals surface area contributed by atoms with Gasteiger partial charge < -0.3 is 5.11 Å². The molecule has 0 aromatic carbocycles. The van der Waals surface area contributed by atoms with E-state index in [4.69, 9.17) is 0 Å². The van der Waals surface area contributed by atoms with Crippen LogP contribution in [0.3, 0.4) is 0 Å². The maximum absolute atomic E-state index is 10.8. The molecule has 0 aliphatic heterocycles. The van der Waals surface area contributed by atoms with Gasteiger partial charge in [-0.25, -0.2) is 0 Å². The highest BCUT2D eigenvalue weighted by Crippen LogP contribution is 2.36. The van der Waals surface area contributed by atoms with Gasteiger partial charge in [0.25, 0.3) is 0 Å². The van der Waals surface area contributed by atoms with Crippen LogP contribution in [0, 0.1) is 12.8 Å². The third kappa shape index (κ3) is 2.94. The Balaban J connectivity index is 2.11. The molecule has 3 heteroatoms. The van der Waals surface area contributed by atoms with Gasteiger partial charge >= 0.3 is 0 Å². The zero-order valence-corrected chi connectivity index (χ0v) is 11.9. The van der Waals surface area contributed by atoms with Crippen LogP contribution in [0.2, 0.25) is 0 Å². The van der Waals surface area contributed by atoms with Crippen LogP contribution >= 0.6 is 0 Å². The minimum Gasteiger partial charge on any atom is -0.389 e. The Labute approximate surface area is 110 Å². The third-order valence-electron chi connectivity index (χ3n) is 4.30. The van der Waals surface area contributed by atoms with Gasteiger partial charge in [-0.05, 0) is 38.7 Å². The van der Waals surface area contributed by atoms with Crippen molar-refractivity contribution in [3.63, 3.8) is 0 Å². The summed E-state index contributed by atoms with van der Waals surface area (Å²) in [7, 11) is 0. The number of rotatable bonds is 4. The minimum atomic E-state index is -0.502. The van der Waals surface area contributed by atoms with E-state index >= 15 is 0 Å². The lowest BCUT2D eigenvalue weighted by molar-refractivity contribution is -0.0177. The second kappa shape index (κ2) is 5.43. The van der Waals surface area contributed by atoms with Crippen LogP contribution < -0.4 is 0 Å². The summed E-state index contributed by atoms with van der Waals surface area (Å²) in [5.74, 6) is 0.697. The summed E-state index contributed by atoms with van der Waals surface area (Å²) in [6, 6.07) is 2.12.